The van der Waals surface area contributed by atoms with E-state index in [1.54, 1.807) is 6.20 Å². The number of aromatic nitrogens is 1. The van der Waals surface area contributed by atoms with Crippen molar-refractivity contribution in [3.63, 3.8) is 0 Å². The molecule has 2 N–H and O–H groups in total. The van der Waals surface area contributed by atoms with Crippen molar-refractivity contribution in [2.75, 3.05) is 10.6 Å². The van der Waals surface area contributed by atoms with E-state index in [1.807, 2.05) is 61.7 Å². The summed E-state index contributed by atoms with van der Waals surface area (Å²) in [5, 5.41) is 6.49. The molecule has 0 atom stereocenters. The van der Waals surface area contributed by atoms with Crippen molar-refractivity contribution in [3.8, 4) is 0 Å². The van der Waals surface area contributed by atoms with Crippen LogP contribution in [0, 0.1) is 0 Å². The van der Waals surface area contributed by atoms with Gasteiger partial charge < -0.3 is 15.1 Å². The minimum Gasteiger partial charge on any atom is -0.424 e. The number of fused-ring (bicyclic) bond motifs is 1. The molecular formula is C19H19N3O. The van der Waals surface area contributed by atoms with Crippen LogP contribution in [0.15, 0.2) is 71.5 Å². The van der Waals surface area contributed by atoms with Crippen molar-refractivity contribution in [2.45, 2.75) is 13.3 Å². The van der Waals surface area contributed by atoms with Crippen LogP contribution in [0.1, 0.15) is 18.2 Å². The molecule has 0 fully saturated rings. The number of rotatable bonds is 5. The summed E-state index contributed by atoms with van der Waals surface area (Å²) in [7, 11) is 0. The second kappa shape index (κ2) is 7.31. The van der Waals surface area contributed by atoms with Crippen molar-refractivity contribution >= 4 is 23.5 Å². The molecule has 0 amide bonds. The molecule has 1 aliphatic heterocycles. The van der Waals surface area contributed by atoms with E-state index < -0.39 is 0 Å². The largest absolute Gasteiger partial charge is 0.424 e. The number of oxazole rings is 1. The fourth-order valence-electron chi connectivity index (χ4n) is 2.31. The summed E-state index contributed by atoms with van der Waals surface area (Å²) in [6.45, 7) is 1.98. The Bertz CT molecular complexity index is 782. The lowest BCUT2D eigenvalue weighted by Gasteiger charge is -2.16. The fourth-order valence-corrected chi connectivity index (χ4v) is 2.31. The van der Waals surface area contributed by atoms with Crippen molar-refractivity contribution in [1.29, 1.82) is 0 Å². The number of anilines is 3. The van der Waals surface area contributed by atoms with Crippen molar-refractivity contribution in [2.24, 2.45) is 0 Å². The molecule has 0 radical (unpaired) electrons. The summed E-state index contributed by atoms with van der Waals surface area (Å²) in [5.41, 5.74) is 3.32. The fraction of sp³-hybridized carbons (Fsp3) is 0.105. The standard InChI is InChI=1S/C19H19N3O/c1-2-3-4-5-6-9-15-14-21-19(23-15)22-18-12-7-11-17-16(18)10-8-13-20-17/h2-9,11-14,20H,10H2,1H3,(H,21,22)/b3-2-,5-4-,9-6+. The molecule has 4 heteroatoms. The third-order valence-corrected chi connectivity index (χ3v) is 3.41. The highest BCUT2D eigenvalue weighted by Crippen LogP contribution is 2.30. The van der Waals surface area contributed by atoms with Gasteiger partial charge in [-0.3, -0.25) is 0 Å². The highest BCUT2D eigenvalue weighted by molar-refractivity contribution is 5.71. The van der Waals surface area contributed by atoms with Crippen molar-refractivity contribution in [1.82, 2.24) is 4.98 Å². The summed E-state index contributed by atoms with van der Waals surface area (Å²) in [6.07, 6.45) is 18.3. The predicted octanol–water partition coefficient (Wildman–Crippen LogP) is 5.05. The van der Waals surface area contributed by atoms with Gasteiger partial charge in [-0.2, -0.15) is 0 Å². The number of nitrogens with zero attached hydrogens (tertiary/aromatic N) is 1. The first-order valence-corrected chi connectivity index (χ1v) is 7.59. The molecule has 0 bridgehead atoms. The summed E-state index contributed by atoms with van der Waals surface area (Å²) in [6, 6.07) is 6.58. The van der Waals surface area contributed by atoms with Crippen LogP contribution in [0.25, 0.3) is 6.08 Å². The third kappa shape index (κ3) is 3.80. The van der Waals surface area contributed by atoms with Gasteiger partial charge in [-0.15, -0.1) is 0 Å². The second-order valence-corrected chi connectivity index (χ2v) is 5.05. The summed E-state index contributed by atoms with van der Waals surface area (Å²) in [4.78, 5) is 4.27. The molecule has 2 heterocycles. The maximum Gasteiger partial charge on any atom is 0.299 e. The zero-order chi connectivity index (χ0) is 15.9. The van der Waals surface area contributed by atoms with Gasteiger partial charge in [0.2, 0.25) is 0 Å². The van der Waals surface area contributed by atoms with E-state index in [1.165, 1.54) is 5.56 Å². The average Bonchev–Trinajstić information content (AvgIpc) is 3.02. The van der Waals surface area contributed by atoms with Gasteiger partial charge in [-0.25, -0.2) is 4.98 Å². The van der Waals surface area contributed by atoms with Crippen LogP contribution in [0.2, 0.25) is 0 Å². The first-order valence-electron chi connectivity index (χ1n) is 7.59. The molecule has 4 nitrogen and oxygen atoms in total. The van der Waals surface area contributed by atoms with E-state index in [-0.39, 0.29) is 0 Å². The summed E-state index contributed by atoms with van der Waals surface area (Å²) < 4.78 is 5.69. The van der Waals surface area contributed by atoms with Gasteiger partial charge in [-0.1, -0.05) is 42.5 Å². The zero-order valence-corrected chi connectivity index (χ0v) is 13.0. The topological polar surface area (TPSA) is 50.1 Å². The monoisotopic (exact) mass is 305 g/mol. The Balaban J connectivity index is 1.70. The number of hydrogen-bond acceptors (Lipinski definition) is 4. The van der Waals surface area contributed by atoms with E-state index in [0.717, 1.165) is 17.8 Å². The first-order chi connectivity index (χ1) is 11.4. The van der Waals surface area contributed by atoms with Gasteiger partial charge in [0.15, 0.2) is 0 Å². The van der Waals surface area contributed by atoms with Gasteiger partial charge in [0, 0.05) is 16.9 Å². The Labute approximate surface area is 135 Å². The van der Waals surface area contributed by atoms with E-state index in [2.05, 4.69) is 27.8 Å². The summed E-state index contributed by atoms with van der Waals surface area (Å²) in [5.74, 6) is 0.709. The maximum atomic E-state index is 5.69. The molecule has 1 aromatic heterocycles. The number of benzene rings is 1. The quantitative estimate of drug-likeness (QED) is 0.759. The molecular weight excluding hydrogens is 286 g/mol. The first kappa shape index (κ1) is 14.9. The van der Waals surface area contributed by atoms with Crippen LogP contribution in [0.3, 0.4) is 0 Å². The number of nitrogens with one attached hydrogen (secondary N) is 2. The average molecular weight is 305 g/mol. The third-order valence-electron chi connectivity index (χ3n) is 3.41. The molecule has 1 aromatic carbocycles. The Morgan fingerprint density at radius 1 is 1.22 bits per heavy atom. The Morgan fingerprint density at radius 2 is 2.13 bits per heavy atom. The maximum absolute atomic E-state index is 5.69. The van der Waals surface area contributed by atoms with Gasteiger partial charge in [0.25, 0.3) is 6.01 Å². The van der Waals surface area contributed by atoms with Crippen molar-refractivity contribution < 1.29 is 4.42 Å². The minimum absolute atomic E-state index is 0.491. The van der Waals surface area contributed by atoms with Crippen molar-refractivity contribution in [3.05, 3.63) is 78.4 Å². The molecule has 0 saturated heterocycles. The SMILES string of the molecule is C\C=C/C=C\C=C\c1cnc(Nc2cccc3c2CC=CN3)o1. The Hall–Kier alpha value is -3.01. The van der Waals surface area contributed by atoms with Crippen LogP contribution in [0.4, 0.5) is 17.4 Å². The van der Waals surface area contributed by atoms with Gasteiger partial charge in [-0.05, 0) is 37.8 Å². The lowest BCUT2D eigenvalue weighted by atomic mass is 10.0. The number of allylic oxidation sites excluding steroid dienone is 6. The normalized spacial score (nSPS) is 13.8. The van der Waals surface area contributed by atoms with Gasteiger partial charge >= 0.3 is 0 Å². The lowest BCUT2D eigenvalue weighted by molar-refractivity contribution is 0.568. The smallest absolute Gasteiger partial charge is 0.299 e. The van der Waals surface area contributed by atoms with Crippen LogP contribution < -0.4 is 10.6 Å². The molecule has 0 spiro atoms. The Morgan fingerprint density at radius 3 is 3.04 bits per heavy atom. The molecule has 0 unspecified atom stereocenters. The van der Waals surface area contributed by atoms with Crippen LogP contribution >= 0.6 is 0 Å². The Kier molecular flexibility index (Phi) is 4.74. The zero-order valence-electron chi connectivity index (χ0n) is 13.0. The highest BCUT2D eigenvalue weighted by atomic mass is 16.4. The summed E-state index contributed by atoms with van der Waals surface area (Å²) >= 11 is 0. The lowest BCUT2D eigenvalue weighted by Crippen LogP contribution is -2.03. The second-order valence-electron chi connectivity index (χ2n) is 5.05. The van der Waals surface area contributed by atoms with Crippen LogP contribution in [-0.2, 0) is 6.42 Å². The minimum atomic E-state index is 0.491. The van der Waals surface area contributed by atoms with Crippen LogP contribution in [-0.4, -0.2) is 4.98 Å². The molecule has 0 aliphatic carbocycles. The highest BCUT2D eigenvalue weighted by Gasteiger charge is 2.11. The van der Waals surface area contributed by atoms with E-state index in [0.29, 0.717) is 11.8 Å². The number of hydrogen-bond donors (Lipinski definition) is 2. The van der Waals surface area contributed by atoms with E-state index in [9.17, 15) is 0 Å². The van der Waals surface area contributed by atoms with E-state index in [4.69, 9.17) is 4.42 Å². The van der Waals surface area contributed by atoms with Gasteiger partial charge in [0.05, 0.1) is 6.20 Å². The predicted molar refractivity (Wildman–Crippen MR) is 95.7 cm³/mol. The molecule has 1 aliphatic rings. The molecule has 2 aromatic rings. The molecule has 116 valence electrons. The molecule has 23 heavy (non-hydrogen) atoms. The van der Waals surface area contributed by atoms with Gasteiger partial charge in [0.1, 0.15) is 5.76 Å². The van der Waals surface area contributed by atoms with E-state index >= 15 is 0 Å². The molecule has 0 saturated carbocycles. The van der Waals surface area contributed by atoms with Crippen LogP contribution in [0.5, 0.6) is 0 Å². The molecule has 3 rings (SSSR count).